The van der Waals surface area contributed by atoms with Gasteiger partial charge in [0, 0.05) is 16.3 Å². The summed E-state index contributed by atoms with van der Waals surface area (Å²) in [6.45, 7) is 8.48. The van der Waals surface area contributed by atoms with Gasteiger partial charge < -0.3 is 5.73 Å². The van der Waals surface area contributed by atoms with E-state index in [4.69, 9.17) is 10.7 Å². The smallest absolute Gasteiger partial charge is 0.103 e. The topological polar surface area (TPSA) is 38.9 Å². The Balaban J connectivity index is 2.45. The maximum Gasteiger partial charge on any atom is 0.103 e. The second-order valence-corrected chi connectivity index (χ2v) is 6.28. The first-order valence-corrected chi connectivity index (χ1v) is 7.03. The predicted molar refractivity (Wildman–Crippen MR) is 78.0 cm³/mol. The van der Waals surface area contributed by atoms with E-state index in [9.17, 15) is 0 Å². The number of hydrogen-bond acceptors (Lipinski definition) is 3. The zero-order valence-electron chi connectivity index (χ0n) is 11.4. The monoisotopic (exact) mass is 260 g/mol. The summed E-state index contributed by atoms with van der Waals surface area (Å²) in [7, 11) is 0. The van der Waals surface area contributed by atoms with Crippen LogP contribution < -0.4 is 5.73 Å². The second-order valence-electron chi connectivity index (χ2n) is 5.25. The van der Waals surface area contributed by atoms with Crippen molar-refractivity contribution < 1.29 is 0 Å². The van der Waals surface area contributed by atoms with Crippen LogP contribution in [0.3, 0.4) is 0 Å². The van der Waals surface area contributed by atoms with Crippen LogP contribution in [0.15, 0.2) is 30.3 Å². The van der Waals surface area contributed by atoms with E-state index >= 15 is 0 Å². The summed E-state index contributed by atoms with van der Waals surface area (Å²) in [5.74, 6) is 0. The van der Waals surface area contributed by atoms with Crippen molar-refractivity contribution in [3.8, 4) is 0 Å². The molecule has 0 aliphatic rings. The molecule has 0 spiro atoms. The molecular formula is C15H20N2S. The molecule has 1 atom stereocenters. The molecule has 2 rings (SSSR count). The highest BCUT2D eigenvalue weighted by molar-refractivity contribution is 7.12. The SMILES string of the molecule is Cc1nc(C(C)(C)c2ccccc2)sc1C(C)N. The Morgan fingerprint density at radius 1 is 1.22 bits per heavy atom. The van der Waals surface area contributed by atoms with Gasteiger partial charge in [0.2, 0.25) is 0 Å². The van der Waals surface area contributed by atoms with Crippen LogP contribution in [0.4, 0.5) is 0 Å². The predicted octanol–water partition coefficient (Wildman–Crippen LogP) is 3.80. The van der Waals surface area contributed by atoms with Crippen molar-refractivity contribution in [3.05, 3.63) is 51.5 Å². The van der Waals surface area contributed by atoms with Crippen molar-refractivity contribution in [2.45, 2.75) is 39.2 Å². The van der Waals surface area contributed by atoms with Gasteiger partial charge in [0.1, 0.15) is 5.01 Å². The number of hydrogen-bond donors (Lipinski definition) is 1. The van der Waals surface area contributed by atoms with Crippen LogP contribution in [-0.4, -0.2) is 4.98 Å². The van der Waals surface area contributed by atoms with Gasteiger partial charge in [0.25, 0.3) is 0 Å². The standard InChI is InChI=1S/C15H20N2S/c1-10(16)13-11(2)17-14(18-13)15(3,4)12-8-6-5-7-9-12/h5-10H,16H2,1-4H3. The zero-order valence-corrected chi connectivity index (χ0v) is 12.2. The van der Waals surface area contributed by atoms with Crippen LogP contribution in [0, 0.1) is 6.92 Å². The maximum atomic E-state index is 5.98. The van der Waals surface area contributed by atoms with Crippen molar-refractivity contribution in [3.63, 3.8) is 0 Å². The van der Waals surface area contributed by atoms with Gasteiger partial charge in [-0.1, -0.05) is 30.3 Å². The van der Waals surface area contributed by atoms with Crippen LogP contribution >= 0.6 is 11.3 Å². The molecule has 96 valence electrons. The van der Waals surface area contributed by atoms with Crippen molar-refractivity contribution in [1.29, 1.82) is 0 Å². The van der Waals surface area contributed by atoms with E-state index in [1.807, 2.05) is 19.9 Å². The van der Waals surface area contributed by atoms with E-state index in [0.29, 0.717) is 0 Å². The van der Waals surface area contributed by atoms with E-state index in [0.717, 1.165) is 10.7 Å². The normalized spacial score (nSPS) is 13.6. The Kier molecular flexibility index (Phi) is 3.55. The molecule has 1 aromatic heterocycles. The van der Waals surface area contributed by atoms with Gasteiger partial charge in [-0.05, 0) is 33.3 Å². The van der Waals surface area contributed by atoms with Gasteiger partial charge in [0.05, 0.1) is 5.69 Å². The Bertz CT molecular complexity index is 527. The summed E-state index contributed by atoms with van der Waals surface area (Å²) >= 11 is 1.73. The minimum atomic E-state index is -0.0656. The molecule has 0 radical (unpaired) electrons. The number of nitrogens with two attached hydrogens (primary N) is 1. The number of benzene rings is 1. The largest absolute Gasteiger partial charge is 0.323 e. The van der Waals surface area contributed by atoms with Gasteiger partial charge in [-0.3, -0.25) is 0 Å². The molecule has 1 unspecified atom stereocenters. The van der Waals surface area contributed by atoms with Crippen molar-refractivity contribution in [2.75, 3.05) is 0 Å². The van der Waals surface area contributed by atoms with Gasteiger partial charge >= 0.3 is 0 Å². The fraction of sp³-hybridized carbons (Fsp3) is 0.400. The van der Waals surface area contributed by atoms with Crippen LogP contribution in [0.5, 0.6) is 0 Å². The highest BCUT2D eigenvalue weighted by atomic mass is 32.1. The fourth-order valence-electron chi connectivity index (χ4n) is 2.08. The summed E-state index contributed by atoms with van der Waals surface area (Å²) in [6.07, 6.45) is 0. The zero-order chi connectivity index (χ0) is 13.3. The van der Waals surface area contributed by atoms with Crippen LogP contribution in [-0.2, 0) is 5.41 Å². The third-order valence-electron chi connectivity index (χ3n) is 3.28. The lowest BCUT2D eigenvalue weighted by Gasteiger charge is -2.22. The van der Waals surface area contributed by atoms with E-state index < -0.39 is 0 Å². The molecule has 2 nitrogen and oxygen atoms in total. The quantitative estimate of drug-likeness (QED) is 0.911. The number of aromatic nitrogens is 1. The Labute approximate surface area is 113 Å². The average molecular weight is 260 g/mol. The molecule has 0 saturated heterocycles. The molecule has 1 aromatic carbocycles. The van der Waals surface area contributed by atoms with E-state index in [1.165, 1.54) is 10.4 Å². The van der Waals surface area contributed by atoms with E-state index in [1.54, 1.807) is 11.3 Å². The summed E-state index contributed by atoms with van der Waals surface area (Å²) in [6, 6.07) is 10.6. The first-order chi connectivity index (χ1) is 8.43. The third kappa shape index (κ3) is 2.33. The van der Waals surface area contributed by atoms with Crippen molar-refractivity contribution >= 4 is 11.3 Å². The molecule has 2 aromatic rings. The fourth-order valence-corrected chi connectivity index (χ4v) is 3.22. The Morgan fingerprint density at radius 2 is 1.83 bits per heavy atom. The third-order valence-corrected chi connectivity index (χ3v) is 4.96. The molecule has 0 bridgehead atoms. The first kappa shape index (κ1) is 13.2. The lowest BCUT2D eigenvalue weighted by atomic mass is 9.85. The van der Waals surface area contributed by atoms with Gasteiger partial charge in [-0.2, -0.15) is 0 Å². The summed E-state index contributed by atoms with van der Waals surface area (Å²) in [4.78, 5) is 5.91. The highest BCUT2D eigenvalue weighted by Gasteiger charge is 2.28. The molecule has 0 saturated carbocycles. The number of nitrogens with zero attached hydrogens (tertiary/aromatic N) is 1. The van der Waals surface area contributed by atoms with E-state index in [-0.39, 0.29) is 11.5 Å². The maximum absolute atomic E-state index is 5.98. The first-order valence-electron chi connectivity index (χ1n) is 6.22. The molecule has 18 heavy (non-hydrogen) atoms. The Morgan fingerprint density at radius 3 is 2.33 bits per heavy atom. The van der Waals surface area contributed by atoms with Crippen LogP contribution in [0.25, 0.3) is 0 Å². The lowest BCUT2D eigenvalue weighted by Crippen LogP contribution is -2.18. The summed E-state index contributed by atoms with van der Waals surface area (Å²) in [5, 5.41) is 1.14. The highest BCUT2D eigenvalue weighted by Crippen LogP contribution is 2.36. The van der Waals surface area contributed by atoms with Gasteiger partial charge in [-0.15, -0.1) is 11.3 Å². The molecule has 0 amide bonds. The molecule has 0 aliphatic heterocycles. The molecule has 0 fully saturated rings. The lowest BCUT2D eigenvalue weighted by molar-refractivity contribution is 0.633. The Hall–Kier alpha value is -1.19. The minimum absolute atomic E-state index is 0.0582. The van der Waals surface area contributed by atoms with Crippen molar-refractivity contribution in [1.82, 2.24) is 4.98 Å². The molecular weight excluding hydrogens is 240 g/mol. The van der Waals surface area contributed by atoms with Crippen LogP contribution in [0.1, 0.15) is 48.0 Å². The molecule has 2 N–H and O–H groups in total. The minimum Gasteiger partial charge on any atom is -0.323 e. The van der Waals surface area contributed by atoms with E-state index in [2.05, 4.69) is 38.1 Å². The van der Waals surface area contributed by atoms with Crippen LogP contribution in [0.2, 0.25) is 0 Å². The molecule has 3 heteroatoms. The average Bonchev–Trinajstić information content (AvgIpc) is 2.73. The number of thiazole rings is 1. The van der Waals surface area contributed by atoms with Crippen molar-refractivity contribution in [2.24, 2.45) is 5.73 Å². The van der Waals surface area contributed by atoms with Gasteiger partial charge in [-0.25, -0.2) is 4.98 Å². The summed E-state index contributed by atoms with van der Waals surface area (Å²) < 4.78 is 0. The second kappa shape index (κ2) is 4.82. The number of aryl methyl sites for hydroxylation is 1. The summed E-state index contributed by atoms with van der Waals surface area (Å²) in [5.41, 5.74) is 8.27. The van der Waals surface area contributed by atoms with Gasteiger partial charge in [0.15, 0.2) is 0 Å². The molecule has 0 aliphatic carbocycles. The number of rotatable bonds is 3. The molecule has 1 heterocycles.